The highest BCUT2D eigenvalue weighted by molar-refractivity contribution is 6.36. The van der Waals surface area contributed by atoms with Gasteiger partial charge >= 0.3 is 0 Å². The second-order valence-electron chi connectivity index (χ2n) is 7.99. The van der Waals surface area contributed by atoms with Gasteiger partial charge in [0.25, 0.3) is 11.8 Å². The van der Waals surface area contributed by atoms with Crippen molar-refractivity contribution in [2.75, 3.05) is 39.0 Å². The van der Waals surface area contributed by atoms with E-state index in [-0.39, 0.29) is 33.2 Å². The summed E-state index contributed by atoms with van der Waals surface area (Å²) in [6.45, 7) is 4.56. The minimum Gasteiger partial charge on any atom is -0.467 e. The second-order valence-corrected chi connectivity index (χ2v) is 8.77. The highest BCUT2D eigenvalue weighted by atomic mass is 35.5. The van der Waals surface area contributed by atoms with Crippen molar-refractivity contribution in [2.45, 2.75) is 13.0 Å². The predicted octanol–water partition coefficient (Wildman–Crippen LogP) is 4.09. The van der Waals surface area contributed by atoms with Crippen LogP contribution >= 0.6 is 23.2 Å². The molecular weight excluding hydrogens is 482 g/mol. The molecule has 1 saturated heterocycles. The van der Waals surface area contributed by atoms with Gasteiger partial charge in [0.2, 0.25) is 0 Å². The molecule has 11 heteroatoms. The van der Waals surface area contributed by atoms with Crippen LogP contribution in [0.3, 0.4) is 0 Å². The number of hydrogen-bond acceptors (Lipinski definition) is 7. The van der Waals surface area contributed by atoms with Crippen molar-refractivity contribution in [3.8, 4) is 17.1 Å². The van der Waals surface area contributed by atoms with Gasteiger partial charge in [0.1, 0.15) is 17.6 Å². The summed E-state index contributed by atoms with van der Waals surface area (Å²) in [6, 6.07) is 5.96. The normalized spacial score (nSPS) is 15.3. The first-order valence-corrected chi connectivity index (χ1v) is 11.4. The molecule has 1 amide bonds. The van der Waals surface area contributed by atoms with Gasteiger partial charge in [-0.2, -0.15) is 0 Å². The number of pyridine rings is 1. The Hall–Kier alpha value is -3.01. The number of hydrogen-bond donors (Lipinski definition) is 1. The van der Waals surface area contributed by atoms with Crippen LogP contribution in [0.5, 0.6) is 5.88 Å². The Kier molecular flexibility index (Phi) is 7.16. The van der Waals surface area contributed by atoms with E-state index in [4.69, 9.17) is 33.7 Å². The molecule has 0 saturated carbocycles. The largest absolute Gasteiger partial charge is 0.467 e. The lowest BCUT2D eigenvalue weighted by Crippen LogP contribution is -2.47. The van der Waals surface area contributed by atoms with Crippen molar-refractivity contribution in [3.63, 3.8) is 0 Å². The lowest BCUT2D eigenvalue weighted by molar-refractivity contribution is 0.0658. The maximum atomic E-state index is 13.9. The van der Waals surface area contributed by atoms with E-state index < -0.39 is 11.9 Å². The number of carbonyl (C=O) groups is 1. The second kappa shape index (κ2) is 10.1. The number of halogens is 3. The number of rotatable bonds is 5. The van der Waals surface area contributed by atoms with E-state index in [9.17, 15) is 9.18 Å². The molecule has 1 atom stereocenters. The summed E-state index contributed by atoms with van der Waals surface area (Å²) in [7, 11) is 2.02. The first kappa shape index (κ1) is 24.1. The molecule has 0 radical (unpaired) electrons. The molecule has 2 N–H and O–H groups in total. The monoisotopic (exact) mass is 504 g/mol. The van der Waals surface area contributed by atoms with Crippen molar-refractivity contribution in [1.29, 1.82) is 0 Å². The summed E-state index contributed by atoms with van der Waals surface area (Å²) < 4.78 is 19.8. The molecule has 4 rings (SSSR count). The van der Waals surface area contributed by atoms with Crippen LogP contribution in [0.1, 0.15) is 29.1 Å². The Bertz CT molecular complexity index is 1220. The number of benzene rings is 1. The molecule has 1 unspecified atom stereocenters. The quantitative estimate of drug-likeness (QED) is 0.522. The number of carbonyl (C=O) groups excluding carboxylic acids is 1. The third kappa shape index (κ3) is 5.06. The molecule has 0 aliphatic carbocycles. The average Bonchev–Trinajstić information content (AvgIpc) is 2.83. The van der Waals surface area contributed by atoms with Crippen LogP contribution in [0.15, 0.2) is 36.7 Å². The van der Waals surface area contributed by atoms with Gasteiger partial charge in [-0.1, -0.05) is 23.2 Å². The van der Waals surface area contributed by atoms with Crippen molar-refractivity contribution < 1.29 is 13.9 Å². The first-order valence-electron chi connectivity index (χ1n) is 10.6. The maximum Gasteiger partial charge on any atom is 0.272 e. The Morgan fingerprint density at radius 3 is 2.65 bits per heavy atom. The van der Waals surface area contributed by atoms with E-state index in [1.54, 1.807) is 30.2 Å². The summed E-state index contributed by atoms with van der Waals surface area (Å²) in [5, 5.41) is 0.117. The van der Waals surface area contributed by atoms with Crippen LogP contribution in [-0.4, -0.2) is 63.9 Å². The first-order chi connectivity index (χ1) is 16.2. The van der Waals surface area contributed by atoms with Crippen LogP contribution in [-0.2, 0) is 0 Å². The predicted molar refractivity (Wildman–Crippen MR) is 129 cm³/mol. The number of ether oxygens (including phenoxy) is 1. The van der Waals surface area contributed by atoms with Crippen molar-refractivity contribution in [1.82, 2.24) is 24.8 Å². The molecule has 178 valence electrons. The smallest absolute Gasteiger partial charge is 0.272 e. The molecular formula is C23H23Cl2FN6O2. The summed E-state index contributed by atoms with van der Waals surface area (Å²) >= 11 is 12.3. The zero-order valence-electron chi connectivity index (χ0n) is 18.6. The van der Waals surface area contributed by atoms with Crippen LogP contribution in [0.4, 0.5) is 10.2 Å². The van der Waals surface area contributed by atoms with Gasteiger partial charge in [-0.25, -0.2) is 14.4 Å². The fraction of sp³-hybridized carbons (Fsp3) is 0.304. The third-order valence-corrected chi connectivity index (χ3v) is 6.32. The van der Waals surface area contributed by atoms with Gasteiger partial charge in [-0.15, -0.1) is 0 Å². The lowest BCUT2D eigenvalue weighted by Gasteiger charge is -2.32. The third-order valence-electron chi connectivity index (χ3n) is 5.61. The molecule has 0 spiro atoms. The van der Waals surface area contributed by atoms with E-state index in [1.165, 1.54) is 18.3 Å². The van der Waals surface area contributed by atoms with Gasteiger partial charge in [0, 0.05) is 48.5 Å². The lowest BCUT2D eigenvalue weighted by atomic mass is 10.1. The molecule has 1 fully saturated rings. The van der Waals surface area contributed by atoms with E-state index in [1.807, 2.05) is 7.05 Å². The zero-order chi connectivity index (χ0) is 24.4. The van der Waals surface area contributed by atoms with E-state index in [2.05, 4.69) is 19.9 Å². The molecule has 1 aromatic carbocycles. The van der Waals surface area contributed by atoms with Gasteiger partial charge in [-0.3, -0.25) is 9.78 Å². The SMILES string of the molecule is CC(Oc1nc(-c2ccnc(C(=O)N3CCN(C)CC3)c2)cnc1N)c1c(Cl)ccc(F)c1Cl. The van der Waals surface area contributed by atoms with Crippen molar-refractivity contribution in [3.05, 3.63) is 63.8 Å². The summed E-state index contributed by atoms with van der Waals surface area (Å²) in [4.78, 5) is 29.7. The number of nitrogen functional groups attached to an aromatic ring is 1. The molecule has 1 aliphatic heterocycles. The Morgan fingerprint density at radius 1 is 1.18 bits per heavy atom. The minimum absolute atomic E-state index is 0.0325. The highest BCUT2D eigenvalue weighted by Crippen LogP contribution is 2.35. The van der Waals surface area contributed by atoms with Crippen molar-refractivity contribution in [2.24, 2.45) is 0 Å². The van der Waals surface area contributed by atoms with Crippen LogP contribution in [0.25, 0.3) is 11.3 Å². The summed E-state index contributed by atoms with van der Waals surface area (Å²) in [5.41, 5.74) is 7.62. The number of anilines is 1. The number of amides is 1. The number of likely N-dealkylation sites (N-methyl/N-ethyl adjacent to an activating group) is 1. The Balaban J connectivity index is 1.59. The summed E-state index contributed by atoms with van der Waals surface area (Å²) in [5.74, 6) is -0.676. The molecule has 8 nitrogen and oxygen atoms in total. The average molecular weight is 505 g/mol. The number of nitrogens with two attached hydrogens (primary N) is 1. The minimum atomic E-state index is -0.755. The number of nitrogens with zero attached hydrogens (tertiary/aromatic N) is 5. The zero-order valence-corrected chi connectivity index (χ0v) is 20.1. The van der Waals surface area contributed by atoms with Crippen LogP contribution in [0.2, 0.25) is 10.0 Å². The van der Waals surface area contributed by atoms with Gasteiger partial charge in [0.15, 0.2) is 5.82 Å². The summed E-state index contributed by atoms with van der Waals surface area (Å²) in [6.07, 6.45) is 2.27. The molecule has 3 aromatic rings. The van der Waals surface area contributed by atoms with Gasteiger partial charge in [-0.05, 0) is 38.2 Å². The van der Waals surface area contributed by atoms with Gasteiger partial charge < -0.3 is 20.3 Å². The van der Waals surface area contributed by atoms with Crippen molar-refractivity contribution >= 4 is 34.9 Å². The Morgan fingerprint density at radius 2 is 1.91 bits per heavy atom. The van der Waals surface area contributed by atoms with Gasteiger partial charge in [0.05, 0.1) is 16.9 Å². The number of piperazine rings is 1. The van der Waals surface area contributed by atoms with E-state index >= 15 is 0 Å². The molecule has 2 aromatic heterocycles. The van der Waals surface area contributed by atoms with E-state index in [0.717, 1.165) is 13.1 Å². The van der Waals surface area contributed by atoms with E-state index in [0.29, 0.717) is 30.0 Å². The topological polar surface area (TPSA) is 97.5 Å². The number of aromatic nitrogens is 3. The molecule has 34 heavy (non-hydrogen) atoms. The standard InChI is InChI=1S/C23H23Cl2FN6O2/c1-13(19-15(24)3-4-16(26)20(19)25)34-22-21(27)29-12-18(30-22)14-5-6-28-17(11-14)23(33)32-9-7-31(2)8-10-32/h3-6,11-13H,7-10H2,1-2H3,(H2,27,29). The van der Waals surface area contributed by atoms with Crippen LogP contribution < -0.4 is 10.5 Å². The fourth-order valence-corrected chi connectivity index (χ4v) is 4.31. The Labute approximate surface area is 206 Å². The molecule has 0 bridgehead atoms. The fourth-order valence-electron chi connectivity index (χ4n) is 3.63. The highest BCUT2D eigenvalue weighted by Gasteiger charge is 2.23. The molecule has 1 aliphatic rings. The maximum absolute atomic E-state index is 13.9. The van der Waals surface area contributed by atoms with Crippen LogP contribution in [0, 0.1) is 5.82 Å². The molecule has 3 heterocycles.